The molecule has 3 rings (SSSR count). The van der Waals surface area contributed by atoms with Crippen LogP contribution in [0.1, 0.15) is 0 Å². The Balaban J connectivity index is 2.22. The molecule has 0 aliphatic rings. The molecule has 2 aromatic heterocycles. The van der Waals surface area contributed by atoms with Crippen LogP contribution in [-0.2, 0) is 0 Å². The highest BCUT2D eigenvalue weighted by Crippen LogP contribution is 2.26. The number of anilines is 1. The highest BCUT2D eigenvalue weighted by atomic mass is 19.1. The van der Waals surface area contributed by atoms with Crippen molar-refractivity contribution in [1.29, 1.82) is 0 Å². The van der Waals surface area contributed by atoms with Gasteiger partial charge in [-0.05, 0) is 18.2 Å². The third-order valence-electron chi connectivity index (χ3n) is 2.40. The fraction of sp³-hybridized carbons (Fsp3) is 0. The normalized spacial score (nSPS) is 10.9. The van der Waals surface area contributed by atoms with Gasteiger partial charge in [-0.1, -0.05) is 6.07 Å². The van der Waals surface area contributed by atoms with E-state index >= 15 is 0 Å². The van der Waals surface area contributed by atoms with E-state index < -0.39 is 5.82 Å². The van der Waals surface area contributed by atoms with Crippen molar-refractivity contribution >= 4 is 16.8 Å². The topological polar surface area (TPSA) is 64.9 Å². The van der Waals surface area contributed by atoms with Crippen molar-refractivity contribution in [3.05, 3.63) is 42.5 Å². The SMILES string of the molecule is Nc1cccc2oc(-c3cncc(F)c3)nc12. The van der Waals surface area contributed by atoms with Gasteiger partial charge >= 0.3 is 0 Å². The summed E-state index contributed by atoms with van der Waals surface area (Å²) in [7, 11) is 0. The molecule has 0 saturated carbocycles. The van der Waals surface area contributed by atoms with Gasteiger partial charge in [-0.15, -0.1) is 0 Å². The summed E-state index contributed by atoms with van der Waals surface area (Å²) in [6.07, 6.45) is 2.62. The third kappa shape index (κ3) is 1.61. The van der Waals surface area contributed by atoms with Crippen molar-refractivity contribution in [2.24, 2.45) is 0 Å². The zero-order valence-corrected chi connectivity index (χ0v) is 8.72. The molecule has 0 radical (unpaired) electrons. The molecule has 0 aliphatic carbocycles. The first-order valence-electron chi connectivity index (χ1n) is 5.00. The Hall–Kier alpha value is -2.43. The van der Waals surface area contributed by atoms with E-state index in [2.05, 4.69) is 9.97 Å². The van der Waals surface area contributed by atoms with Crippen LogP contribution in [0.3, 0.4) is 0 Å². The van der Waals surface area contributed by atoms with E-state index in [1.165, 1.54) is 12.3 Å². The molecule has 2 heterocycles. The molecule has 84 valence electrons. The number of halogens is 1. The molecule has 0 saturated heterocycles. The van der Waals surface area contributed by atoms with Gasteiger partial charge in [0.25, 0.3) is 0 Å². The summed E-state index contributed by atoms with van der Waals surface area (Å²) < 4.78 is 18.5. The molecular formula is C12H8FN3O. The monoisotopic (exact) mass is 229 g/mol. The van der Waals surface area contributed by atoms with Crippen LogP contribution in [0.2, 0.25) is 0 Å². The van der Waals surface area contributed by atoms with Crippen LogP contribution in [0.25, 0.3) is 22.6 Å². The number of rotatable bonds is 1. The van der Waals surface area contributed by atoms with Crippen molar-refractivity contribution in [2.45, 2.75) is 0 Å². The summed E-state index contributed by atoms with van der Waals surface area (Å²) in [6, 6.07) is 6.58. The molecule has 4 nitrogen and oxygen atoms in total. The first-order valence-corrected chi connectivity index (χ1v) is 5.00. The molecule has 0 unspecified atom stereocenters. The van der Waals surface area contributed by atoms with Gasteiger partial charge in [0.1, 0.15) is 11.3 Å². The molecule has 17 heavy (non-hydrogen) atoms. The van der Waals surface area contributed by atoms with Gasteiger partial charge in [-0.25, -0.2) is 9.37 Å². The van der Waals surface area contributed by atoms with Gasteiger partial charge in [0.15, 0.2) is 5.58 Å². The van der Waals surface area contributed by atoms with Crippen molar-refractivity contribution in [1.82, 2.24) is 9.97 Å². The van der Waals surface area contributed by atoms with E-state index in [4.69, 9.17) is 10.2 Å². The number of benzene rings is 1. The third-order valence-corrected chi connectivity index (χ3v) is 2.40. The number of nitrogen functional groups attached to an aromatic ring is 1. The molecule has 0 bridgehead atoms. The van der Waals surface area contributed by atoms with Crippen LogP contribution in [0, 0.1) is 5.82 Å². The molecule has 0 aliphatic heterocycles. The molecule has 0 atom stereocenters. The molecule has 1 aromatic carbocycles. The molecule has 3 aromatic rings. The summed E-state index contributed by atoms with van der Waals surface area (Å²) in [5.41, 5.74) is 7.93. The largest absolute Gasteiger partial charge is 0.436 e. The van der Waals surface area contributed by atoms with Crippen molar-refractivity contribution in [3.8, 4) is 11.5 Å². The summed E-state index contributed by atoms with van der Waals surface area (Å²) in [6.45, 7) is 0. The minimum absolute atomic E-state index is 0.310. The maximum Gasteiger partial charge on any atom is 0.229 e. The number of aromatic nitrogens is 2. The van der Waals surface area contributed by atoms with Crippen LogP contribution < -0.4 is 5.73 Å². The number of hydrogen-bond acceptors (Lipinski definition) is 4. The van der Waals surface area contributed by atoms with Gasteiger partial charge in [-0.2, -0.15) is 0 Å². The first kappa shape index (κ1) is 9.77. The van der Waals surface area contributed by atoms with E-state index in [0.29, 0.717) is 28.2 Å². The van der Waals surface area contributed by atoms with E-state index in [9.17, 15) is 4.39 Å². The number of pyridine rings is 1. The number of nitrogens with zero attached hydrogens (tertiary/aromatic N) is 2. The second kappa shape index (κ2) is 3.55. The van der Waals surface area contributed by atoms with E-state index in [1.807, 2.05) is 0 Å². The van der Waals surface area contributed by atoms with Crippen molar-refractivity contribution in [2.75, 3.05) is 5.73 Å². The highest BCUT2D eigenvalue weighted by molar-refractivity contribution is 5.87. The maximum absolute atomic E-state index is 13.0. The smallest absolute Gasteiger partial charge is 0.229 e. The molecule has 0 amide bonds. The fourth-order valence-electron chi connectivity index (χ4n) is 1.62. The van der Waals surface area contributed by atoms with E-state index in [1.54, 1.807) is 18.2 Å². The van der Waals surface area contributed by atoms with E-state index in [0.717, 1.165) is 6.20 Å². The number of oxazole rings is 1. The Kier molecular flexibility index (Phi) is 2.04. The average molecular weight is 229 g/mol. The van der Waals surface area contributed by atoms with Crippen molar-refractivity contribution in [3.63, 3.8) is 0 Å². The highest BCUT2D eigenvalue weighted by Gasteiger charge is 2.10. The number of nitrogens with two attached hydrogens (primary N) is 1. The standard InChI is InChI=1S/C12H8FN3O/c13-8-4-7(5-15-6-8)12-16-11-9(14)2-1-3-10(11)17-12/h1-6H,14H2. The zero-order chi connectivity index (χ0) is 11.8. The summed E-state index contributed by atoms with van der Waals surface area (Å²) >= 11 is 0. The van der Waals surface area contributed by atoms with Crippen LogP contribution in [0.5, 0.6) is 0 Å². The molecule has 5 heteroatoms. The zero-order valence-electron chi connectivity index (χ0n) is 8.72. The van der Waals surface area contributed by atoms with Gasteiger partial charge in [0.05, 0.1) is 17.4 Å². The second-order valence-corrected chi connectivity index (χ2v) is 3.60. The second-order valence-electron chi connectivity index (χ2n) is 3.60. The lowest BCUT2D eigenvalue weighted by atomic mass is 10.3. The Labute approximate surface area is 95.9 Å². The lowest BCUT2D eigenvalue weighted by molar-refractivity contribution is 0.607. The van der Waals surface area contributed by atoms with Crippen molar-refractivity contribution < 1.29 is 8.81 Å². The molecule has 0 spiro atoms. The minimum Gasteiger partial charge on any atom is -0.436 e. The van der Waals surface area contributed by atoms with Crippen LogP contribution in [0.4, 0.5) is 10.1 Å². The summed E-state index contributed by atoms with van der Waals surface area (Å²) in [5, 5.41) is 0. The van der Waals surface area contributed by atoms with Gasteiger partial charge < -0.3 is 10.2 Å². The Morgan fingerprint density at radius 3 is 2.88 bits per heavy atom. The summed E-state index contributed by atoms with van der Waals surface area (Å²) in [4.78, 5) is 7.97. The average Bonchev–Trinajstić information content (AvgIpc) is 2.74. The van der Waals surface area contributed by atoms with Gasteiger partial charge in [-0.3, -0.25) is 4.98 Å². The first-order chi connectivity index (χ1) is 8.24. The lowest BCUT2D eigenvalue weighted by Gasteiger charge is -1.93. The van der Waals surface area contributed by atoms with Gasteiger partial charge in [0.2, 0.25) is 5.89 Å². The molecular weight excluding hydrogens is 221 g/mol. The number of hydrogen-bond donors (Lipinski definition) is 1. The van der Waals surface area contributed by atoms with Crippen LogP contribution in [-0.4, -0.2) is 9.97 Å². The maximum atomic E-state index is 13.0. The summed E-state index contributed by atoms with van der Waals surface area (Å²) in [5.74, 6) is -0.123. The van der Waals surface area contributed by atoms with Crippen LogP contribution in [0.15, 0.2) is 41.1 Å². The van der Waals surface area contributed by atoms with Crippen LogP contribution >= 0.6 is 0 Å². The Bertz CT molecular complexity index is 693. The predicted molar refractivity (Wildman–Crippen MR) is 61.6 cm³/mol. The Morgan fingerprint density at radius 2 is 2.12 bits per heavy atom. The lowest BCUT2D eigenvalue weighted by Crippen LogP contribution is -1.85. The number of fused-ring (bicyclic) bond motifs is 1. The molecule has 0 fully saturated rings. The Morgan fingerprint density at radius 1 is 1.24 bits per heavy atom. The quantitative estimate of drug-likeness (QED) is 0.651. The minimum atomic E-state index is -0.433. The van der Waals surface area contributed by atoms with Gasteiger partial charge in [0, 0.05) is 6.20 Å². The fourth-order valence-corrected chi connectivity index (χ4v) is 1.62. The van der Waals surface area contributed by atoms with E-state index in [-0.39, 0.29) is 0 Å². The predicted octanol–water partition coefficient (Wildman–Crippen LogP) is 2.61. The molecule has 2 N–H and O–H groups in total. The number of para-hydroxylation sites is 1.